The Balaban J connectivity index is 1.76. The molecule has 1 aromatic heterocycles. The van der Waals surface area contributed by atoms with Crippen LogP contribution in [-0.4, -0.2) is 30.3 Å². The molecule has 2 amide bonds. The van der Waals surface area contributed by atoms with E-state index in [4.69, 9.17) is 4.74 Å². The minimum atomic E-state index is -0.0782. The molecule has 1 saturated heterocycles. The van der Waals surface area contributed by atoms with Crippen LogP contribution in [0.3, 0.4) is 0 Å². The Hall–Kier alpha value is -1.66. The van der Waals surface area contributed by atoms with E-state index in [0.29, 0.717) is 11.4 Å². The van der Waals surface area contributed by atoms with E-state index < -0.39 is 0 Å². The van der Waals surface area contributed by atoms with Gasteiger partial charge in [-0.05, 0) is 31.2 Å². The first-order valence-corrected chi connectivity index (χ1v) is 8.94. The molecule has 22 heavy (non-hydrogen) atoms. The molecule has 3 rings (SSSR count). The average molecular weight is 334 g/mol. The number of hydrogen-bond donors (Lipinski definition) is 1. The summed E-state index contributed by atoms with van der Waals surface area (Å²) in [5.74, 6) is 1.63. The number of nitrogens with one attached hydrogen (secondary N) is 1. The number of thiophene rings is 1. The van der Waals surface area contributed by atoms with Crippen LogP contribution in [0.1, 0.15) is 15.1 Å². The third-order valence-corrected chi connectivity index (χ3v) is 5.95. The predicted molar refractivity (Wildman–Crippen MR) is 93.0 cm³/mol. The average Bonchev–Trinajstić information content (AvgIpc) is 3.16. The molecule has 0 bridgehead atoms. The van der Waals surface area contributed by atoms with Crippen molar-refractivity contribution in [1.82, 2.24) is 4.90 Å². The van der Waals surface area contributed by atoms with E-state index in [1.54, 1.807) is 18.4 Å². The summed E-state index contributed by atoms with van der Waals surface area (Å²) in [6.07, 6.45) is 0. The normalized spacial score (nSPS) is 17.5. The number of carbonyl (C=O) groups is 1. The van der Waals surface area contributed by atoms with Crippen molar-refractivity contribution in [3.8, 4) is 5.75 Å². The van der Waals surface area contributed by atoms with Gasteiger partial charge in [-0.1, -0.05) is 12.1 Å². The Morgan fingerprint density at radius 2 is 2.14 bits per heavy atom. The lowest BCUT2D eigenvalue weighted by Gasteiger charge is -2.23. The molecule has 1 aliphatic heterocycles. The molecule has 1 fully saturated rings. The highest BCUT2D eigenvalue weighted by Gasteiger charge is 2.31. The number of nitrogens with zero attached hydrogens (tertiary/aromatic N) is 1. The number of amides is 2. The van der Waals surface area contributed by atoms with E-state index >= 15 is 0 Å². The molecule has 2 aromatic rings. The van der Waals surface area contributed by atoms with Crippen LogP contribution < -0.4 is 10.1 Å². The van der Waals surface area contributed by atoms with Crippen LogP contribution in [0.5, 0.6) is 5.75 Å². The Bertz CT molecular complexity index is 672. The summed E-state index contributed by atoms with van der Waals surface area (Å²) in [5, 5.41) is 3.07. The van der Waals surface area contributed by atoms with Gasteiger partial charge in [-0.3, -0.25) is 0 Å². The topological polar surface area (TPSA) is 41.6 Å². The van der Waals surface area contributed by atoms with E-state index in [0.717, 1.165) is 12.3 Å². The van der Waals surface area contributed by atoms with Gasteiger partial charge in [0.25, 0.3) is 0 Å². The smallest absolute Gasteiger partial charge is 0.323 e. The maximum atomic E-state index is 12.6. The molecule has 1 aliphatic rings. The fourth-order valence-corrected chi connectivity index (χ4v) is 4.80. The largest absolute Gasteiger partial charge is 0.495 e. The number of thioether (sulfide) groups is 1. The van der Waals surface area contributed by atoms with Crippen LogP contribution in [-0.2, 0) is 0 Å². The molecule has 4 nitrogen and oxygen atoms in total. The molecule has 1 aromatic carbocycles. The second-order valence-electron chi connectivity index (χ2n) is 5.00. The highest BCUT2D eigenvalue weighted by molar-refractivity contribution is 7.99. The Morgan fingerprint density at radius 3 is 2.86 bits per heavy atom. The number of aryl methyl sites for hydroxylation is 1. The van der Waals surface area contributed by atoms with Crippen LogP contribution in [0, 0.1) is 6.92 Å². The highest BCUT2D eigenvalue weighted by atomic mass is 32.2. The van der Waals surface area contributed by atoms with Crippen LogP contribution in [0.2, 0.25) is 0 Å². The van der Waals surface area contributed by atoms with Crippen LogP contribution in [0.25, 0.3) is 0 Å². The van der Waals surface area contributed by atoms with Crippen molar-refractivity contribution in [1.29, 1.82) is 0 Å². The predicted octanol–water partition coefficient (Wildman–Crippen LogP) is 4.34. The summed E-state index contributed by atoms with van der Waals surface area (Å²) in [4.78, 5) is 17.0. The molecule has 1 atom stereocenters. The van der Waals surface area contributed by atoms with E-state index in [1.807, 2.05) is 40.9 Å². The lowest BCUT2D eigenvalue weighted by molar-refractivity contribution is 0.214. The lowest BCUT2D eigenvalue weighted by Crippen LogP contribution is -2.34. The Morgan fingerprint density at radius 1 is 1.32 bits per heavy atom. The van der Waals surface area contributed by atoms with Gasteiger partial charge in [0, 0.05) is 22.1 Å². The van der Waals surface area contributed by atoms with E-state index in [1.165, 1.54) is 9.75 Å². The van der Waals surface area contributed by atoms with Gasteiger partial charge in [0.05, 0.1) is 12.8 Å². The van der Waals surface area contributed by atoms with E-state index in [9.17, 15) is 4.79 Å². The van der Waals surface area contributed by atoms with Crippen molar-refractivity contribution in [3.63, 3.8) is 0 Å². The van der Waals surface area contributed by atoms with Gasteiger partial charge in [0.2, 0.25) is 0 Å². The summed E-state index contributed by atoms with van der Waals surface area (Å²) < 4.78 is 5.29. The third kappa shape index (κ3) is 3.08. The molecular formula is C16H18N2O2S2. The molecule has 1 N–H and O–H groups in total. The number of ether oxygens (including phenoxy) is 1. The number of benzene rings is 1. The minimum absolute atomic E-state index is 0.0782. The van der Waals surface area contributed by atoms with Gasteiger partial charge in [0.1, 0.15) is 11.1 Å². The molecule has 0 unspecified atom stereocenters. The summed E-state index contributed by atoms with van der Waals surface area (Å²) in [5.41, 5.74) is 0.702. The van der Waals surface area contributed by atoms with Gasteiger partial charge in [-0.25, -0.2) is 4.79 Å². The van der Waals surface area contributed by atoms with Crippen molar-refractivity contribution in [3.05, 3.63) is 46.2 Å². The molecule has 0 radical (unpaired) electrons. The first-order valence-electron chi connectivity index (χ1n) is 7.07. The maximum absolute atomic E-state index is 12.6. The van der Waals surface area contributed by atoms with Crippen LogP contribution in [0.4, 0.5) is 10.5 Å². The van der Waals surface area contributed by atoms with Gasteiger partial charge < -0.3 is 15.0 Å². The van der Waals surface area contributed by atoms with E-state index in [2.05, 4.69) is 24.4 Å². The SMILES string of the molecule is COc1ccccc1NC(=O)N1CCS[C@@H]1c1ccc(C)s1. The molecule has 2 heterocycles. The van der Waals surface area contributed by atoms with Crippen molar-refractivity contribution in [2.45, 2.75) is 12.3 Å². The standard InChI is InChI=1S/C16H18N2O2S2/c1-11-7-8-14(22-11)15-18(9-10-21-15)16(19)17-12-5-3-4-6-13(12)20-2/h3-8,15H,9-10H2,1-2H3,(H,17,19)/t15-/m1/s1. The van der Waals surface area contributed by atoms with Crippen LogP contribution >= 0.6 is 23.1 Å². The number of anilines is 1. The second-order valence-corrected chi connectivity index (χ2v) is 7.50. The fraction of sp³-hybridized carbons (Fsp3) is 0.312. The monoisotopic (exact) mass is 334 g/mol. The zero-order valence-corrected chi connectivity index (χ0v) is 14.2. The molecule has 0 aliphatic carbocycles. The fourth-order valence-electron chi connectivity index (χ4n) is 2.43. The van der Waals surface area contributed by atoms with E-state index in [-0.39, 0.29) is 11.4 Å². The first-order chi connectivity index (χ1) is 10.7. The summed E-state index contributed by atoms with van der Waals surface area (Å²) in [6, 6.07) is 11.6. The number of rotatable bonds is 3. The van der Waals surface area contributed by atoms with Crippen molar-refractivity contribution >= 4 is 34.8 Å². The van der Waals surface area contributed by atoms with Gasteiger partial charge in [-0.2, -0.15) is 0 Å². The molecular weight excluding hydrogens is 316 g/mol. The molecule has 0 spiro atoms. The zero-order valence-electron chi connectivity index (χ0n) is 12.5. The van der Waals surface area contributed by atoms with Gasteiger partial charge >= 0.3 is 6.03 Å². The summed E-state index contributed by atoms with van der Waals surface area (Å²) in [6.45, 7) is 2.85. The number of hydrogen-bond acceptors (Lipinski definition) is 4. The van der Waals surface area contributed by atoms with Crippen molar-refractivity contribution < 1.29 is 9.53 Å². The van der Waals surface area contributed by atoms with Crippen LogP contribution in [0.15, 0.2) is 36.4 Å². The summed E-state index contributed by atoms with van der Waals surface area (Å²) >= 11 is 3.56. The van der Waals surface area contributed by atoms with Crippen molar-refractivity contribution in [2.75, 3.05) is 24.7 Å². The number of para-hydroxylation sites is 2. The molecule has 6 heteroatoms. The second kappa shape index (κ2) is 6.62. The van der Waals surface area contributed by atoms with Crippen molar-refractivity contribution in [2.24, 2.45) is 0 Å². The van der Waals surface area contributed by atoms with Gasteiger partial charge in [-0.15, -0.1) is 23.1 Å². The molecule has 116 valence electrons. The first kappa shape index (κ1) is 15.2. The number of urea groups is 1. The maximum Gasteiger partial charge on any atom is 0.323 e. The highest BCUT2D eigenvalue weighted by Crippen LogP contribution is 2.41. The quantitative estimate of drug-likeness (QED) is 0.907. The number of carbonyl (C=O) groups excluding carboxylic acids is 1. The third-order valence-electron chi connectivity index (χ3n) is 3.50. The zero-order chi connectivity index (χ0) is 15.5. The Kier molecular flexibility index (Phi) is 4.59. The molecule has 0 saturated carbocycles. The number of methoxy groups -OCH3 is 1. The lowest BCUT2D eigenvalue weighted by atomic mass is 10.3. The summed E-state index contributed by atoms with van der Waals surface area (Å²) in [7, 11) is 1.61. The van der Waals surface area contributed by atoms with Gasteiger partial charge in [0.15, 0.2) is 0 Å². The minimum Gasteiger partial charge on any atom is -0.495 e. The Labute approximate surface area is 138 Å².